The third-order valence-corrected chi connectivity index (χ3v) is 7.12. The number of halogens is 2. The molecule has 0 bridgehead atoms. The maximum atomic E-state index is 13.6. The van der Waals surface area contributed by atoms with Crippen LogP contribution in [0.1, 0.15) is 36.6 Å². The fourth-order valence-electron chi connectivity index (χ4n) is 4.15. The van der Waals surface area contributed by atoms with E-state index in [1.165, 1.54) is 36.9 Å². The van der Waals surface area contributed by atoms with Gasteiger partial charge in [0.05, 0.1) is 11.1 Å². The number of fused-ring (bicyclic) bond motifs is 1. The lowest BCUT2D eigenvalue weighted by molar-refractivity contribution is 0.0923. The minimum atomic E-state index is -2.72. The molecule has 0 saturated carbocycles. The first-order valence-electron chi connectivity index (χ1n) is 11.9. The Morgan fingerprint density at radius 2 is 1.62 bits per heavy atom. The molecule has 1 aliphatic heterocycles. The molecule has 3 aromatic carbocycles. The van der Waals surface area contributed by atoms with E-state index in [4.69, 9.17) is 27.9 Å². The highest BCUT2D eigenvalue weighted by Gasteiger charge is 2.39. The summed E-state index contributed by atoms with van der Waals surface area (Å²) in [5.41, 5.74) is 2.22. The number of hydrogen-bond acceptors (Lipinski definition) is 6. The summed E-state index contributed by atoms with van der Waals surface area (Å²) in [7, 11) is -2.72. The van der Waals surface area contributed by atoms with Crippen molar-refractivity contribution in [3.63, 3.8) is 0 Å². The van der Waals surface area contributed by atoms with Crippen LogP contribution in [0.3, 0.4) is 0 Å². The van der Waals surface area contributed by atoms with Crippen molar-refractivity contribution in [3.05, 3.63) is 111 Å². The van der Waals surface area contributed by atoms with Crippen molar-refractivity contribution in [1.82, 2.24) is 4.98 Å². The number of pyridine rings is 1. The molecule has 0 aliphatic carbocycles. The topological polar surface area (TPSA) is 106 Å². The molecule has 5 rings (SSSR count). The number of imide groups is 1. The van der Waals surface area contributed by atoms with Gasteiger partial charge in [0.15, 0.2) is 0 Å². The van der Waals surface area contributed by atoms with E-state index < -0.39 is 27.5 Å². The Hall–Kier alpha value is -4.05. The number of ether oxygens (including phenoxy) is 1. The smallest absolute Gasteiger partial charge is 0.285 e. The average molecular weight is 594 g/mol. The summed E-state index contributed by atoms with van der Waals surface area (Å²) in [4.78, 5) is 45.1. The van der Waals surface area contributed by atoms with E-state index in [-0.39, 0.29) is 34.9 Å². The van der Waals surface area contributed by atoms with Crippen LogP contribution in [0.15, 0.2) is 83.4 Å². The number of nitrogens with zero attached hydrogens (tertiary/aromatic N) is 3. The molecule has 202 valence electrons. The van der Waals surface area contributed by atoms with E-state index in [2.05, 4.69) is 9.35 Å². The van der Waals surface area contributed by atoms with Crippen LogP contribution in [-0.2, 0) is 16.3 Å². The van der Waals surface area contributed by atoms with Crippen LogP contribution in [0.5, 0.6) is 5.88 Å². The first-order valence-corrected chi connectivity index (χ1v) is 15.0. The predicted molar refractivity (Wildman–Crippen MR) is 155 cm³/mol. The number of hydrogen-bond donors (Lipinski definition) is 0. The Morgan fingerprint density at radius 1 is 0.925 bits per heavy atom. The van der Waals surface area contributed by atoms with Gasteiger partial charge in [-0.2, -0.15) is 4.36 Å². The van der Waals surface area contributed by atoms with E-state index in [0.717, 1.165) is 10.5 Å². The predicted octanol–water partition coefficient (Wildman–Crippen LogP) is 6.30. The van der Waals surface area contributed by atoms with Gasteiger partial charge in [0.1, 0.15) is 12.3 Å². The fourth-order valence-corrected chi connectivity index (χ4v) is 5.18. The van der Waals surface area contributed by atoms with Crippen molar-refractivity contribution in [2.24, 2.45) is 4.36 Å². The Kier molecular flexibility index (Phi) is 7.46. The highest BCUT2D eigenvalue weighted by Crippen LogP contribution is 2.39. The van der Waals surface area contributed by atoms with Gasteiger partial charge in [0, 0.05) is 55.2 Å². The van der Waals surface area contributed by atoms with Gasteiger partial charge in [0.25, 0.3) is 17.7 Å². The van der Waals surface area contributed by atoms with Crippen molar-refractivity contribution in [2.45, 2.75) is 6.61 Å². The molecule has 0 N–H and O–H groups in total. The molecule has 0 radical (unpaired) electrons. The zero-order valence-corrected chi connectivity index (χ0v) is 23.6. The van der Waals surface area contributed by atoms with Gasteiger partial charge >= 0.3 is 0 Å². The Bertz CT molecular complexity index is 1810. The third-order valence-electron chi connectivity index (χ3n) is 5.97. The summed E-state index contributed by atoms with van der Waals surface area (Å²) in [6.45, 7) is 0.137. The standard InChI is InChI=1S/C29H21Cl2N3O5S/c1-40(2,38)33-26(35)18-8-10-22-23(12-18)29(37)34(28(22)36)25-13-19(21-11-9-20(30)14-24(21)31)15-32-27(25)39-16-17-6-4-3-5-7-17/h3-15H,16H2,1-2H3. The van der Waals surface area contributed by atoms with Gasteiger partial charge in [-0.25, -0.2) is 14.1 Å². The van der Waals surface area contributed by atoms with Gasteiger partial charge in [-0.1, -0.05) is 59.6 Å². The number of anilines is 1. The zero-order chi connectivity index (χ0) is 28.6. The molecule has 11 heteroatoms. The lowest BCUT2D eigenvalue weighted by Crippen LogP contribution is -2.30. The molecule has 3 amide bonds. The van der Waals surface area contributed by atoms with Crippen LogP contribution in [-0.4, -0.2) is 39.4 Å². The van der Waals surface area contributed by atoms with Crippen LogP contribution < -0.4 is 9.64 Å². The molecule has 0 fully saturated rings. The highest BCUT2D eigenvalue weighted by molar-refractivity contribution is 7.92. The number of benzene rings is 3. The van der Waals surface area contributed by atoms with Gasteiger partial charge in [-0.15, -0.1) is 0 Å². The van der Waals surface area contributed by atoms with Crippen LogP contribution >= 0.6 is 23.2 Å². The van der Waals surface area contributed by atoms with Crippen LogP contribution in [0, 0.1) is 0 Å². The van der Waals surface area contributed by atoms with E-state index in [1.54, 1.807) is 24.3 Å². The maximum absolute atomic E-state index is 13.6. The molecule has 1 aromatic heterocycles. The molecule has 1 aliphatic rings. The second kappa shape index (κ2) is 10.8. The molecule has 0 saturated heterocycles. The molecule has 0 spiro atoms. The van der Waals surface area contributed by atoms with Crippen molar-refractivity contribution in [2.75, 3.05) is 17.4 Å². The quantitative estimate of drug-likeness (QED) is 0.243. The maximum Gasteiger partial charge on any atom is 0.285 e. The first-order chi connectivity index (χ1) is 19.0. The van der Waals surface area contributed by atoms with Crippen LogP contribution in [0.2, 0.25) is 10.0 Å². The Labute approximate surface area is 240 Å². The number of amides is 3. The van der Waals surface area contributed by atoms with Crippen LogP contribution in [0.25, 0.3) is 11.1 Å². The summed E-state index contributed by atoms with van der Waals surface area (Å²) >= 11 is 12.5. The number of carbonyl (C=O) groups is 3. The van der Waals surface area contributed by atoms with Crippen molar-refractivity contribution < 1.29 is 23.3 Å². The molecule has 8 nitrogen and oxygen atoms in total. The fraction of sp³-hybridized carbons (Fsp3) is 0.103. The molecule has 4 aromatic rings. The molecule has 40 heavy (non-hydrogen) atoms. The summed E-state index contributed by atoms with van der Waals surface area (Å²) in [6.07, 6.45) is 4.19. The SMILES string of the molecule is CS(C)(=O)=NC(=O)c1ccc2c(c1)C(=O)N(c1cc(-c3ccc(Cl)cc3Cl)cnc1OCc1ccccc1)C2=O. The number of carbonyl (C=O) groups excluding carboxylic acids is 3. The van der Waals surface area contributed by atoms with E-state index >= 15 is 0 Å². The molecule has 0 unspecified atom stereocenters. The molecular weight excluding hydrogens is 573 g/mol. The summed E-state index contributed by atoms with van der Waals surface area (Å²) in [6, 6.07) is 19.9. The largest absolute Gasteiger partial charge is 0.471 e. The Balaban J connectivity index is 1.58. The van der Waals surface area contributed by atoms with E-state index in [9.17, 15) is 18.6 Å². The molecular formula is C29H21Cl2N3O5S. The van der Waals surface area contributed by atoms with Gasteiger partial charge in [0.2, 0.25) is 5.88 Å². The number of rotatable bonds is 6. The monoisotopic (exact) mass is 593 g/mol. The molecule has 2 heterocycles. The van der Waals surface area contributed by atoms with Crippen LogP contribution in [0.4, 0.5) is 5.69 Å². The minimum absolute atomic E-state index is 0.00805. The van der Waals surface area contributed by atoms with Crippen molar-refractivity contribution in [1.29, 1.82) is 0 Å². The first kappa shape index (κ1) is 27.5. The van der Waals surface area contributed by atoms with Crippen molar-refractivity contribution >= 4 is 56.3 Å². The summed E-state index contributed by atoms with van der Waals surface area (Å²) < 4.78 is 21.7. The van der Waals surface area contributed by atoms with Crippen molar-refractivity contribution in [3.8, 4) is 17.0 Å². The lowest BCUT2D eigenvalue weighted by atomic mass is 10.1. The summed E-state index contributed by atoms with van der Waals surface area (Å²) in [5.74, 6) is -1.98. The van der Waals surface area contributed by atoms with E-state index in [1.807, 2.05) is 30.3 Å². The zero-order valence-electron chi connectivity index (χ0n) is 21.3. The minimum Gasteiger partial charge on any atom is -0.471 e. The Morgan fingerprint density at radius 3 is 2.33 bits per heavy atom. The normalized spacial score (nSPS) is 12.8. The highest BCUT2D eigenvalue weighted by atomic mass is 35.5. The third kappa shape index (κ3) is 5.62. The number of aromatic nitrogens is 1. The van der Waals surface area contributed by atoms with E-state index in [0.29, 0.717) is 21.2 Å². The second-order valence-corrected chi connectivity index (χ2v) is 12.6. The van der Waals surface area contributed by atoms with Gasteiger partial charge in [-0.3, -0.25) is 14.4 Å². The summed E-state index contributed by atoms with van der Waals surface area (Å²) in [5, 5.41) is 0.806. The second-order valence-electron chi connectivity index (χ2n) is 9.23. The average Bonchev–Trinajstić information content (AvgIpc) is 3.16. The molecule has 0 atom stereocenters. The van der Waals surface area contributed by atoms with Gasteiger partial charge in [-0.05, 0) is 42.0 Å². The lowest BCUT2D eigenvalue weighted by Gasteiger charge is -2.19. The van der Waals surface area contributed by atoms with Gasteiger partial charge < -0.3 is 4.74 Å².